The van der Waals surface area contributed by atoms with Crippen molar-refractivity contribution in [3.63, 3.8) is 0 Å². The van der Waals surface area contributed by atoms with Crippen LogP contribution in [0.4, 0.5) is 0 Å². The van der Waals surface area contributed by atoms with Gasteiger partial charge in [0.2, 0.25) is 0 Å². The van der Waals surface area contributed by atoms with Crippen LogP contribution in [0.3, 0.4) is 0 Å². The van der Waals surface area contributed by atoms with Crippen molar-refractivity contribution in [2.45, 2.75) is 34.1 Å². The zero-order chi connectivity index (χ0) is 14.3. The fourth-order valence-electron chi connectivity index (χ4n) is 1.40. The van der Waals surface area contributed by atoms with Gasteiger partial charge in [-0.1, -0.05) is 13.8 Å². The Bertz CT molecular complexity index is 226. The second-order valence-corrected chi connectivity index (χ2v) is 4.71. The molecule has 0 radical (unpaired) electrons. The van der Waals surface area contributed by atoms with E-state index in [0.717, 1.165) is 51.8 Å². The smallest absolute Gasteiger partial charge is 0.191 e. The van der Waals surface area contributed by atoms with Crippen molar-refractivity contribution >= 4 is 29.9 Å². The van der Waals surface area contributed by atoms with Crippen molar-refractivity contribution < 1.29 is 9.47 Å². The highest BCUT2D eigenvalue weighted by atomic mass is 127. The summed E-state index contributed by atoms with van der Waals surface area (Å²) in [7, 11) is 0. The zero-order valence-electron chi connectivity index (χ0n) is 13.4. The number of hydrogen-bond donors (Lipinski definition) is 2. The number of rotatable bonds is 11. The van der Waals surface area contributed by atoms with Gasteiger partial charge in [0, 0.05) is 39.5 Å². The Kier molecular flexibility index (Phi) is 18.8. The average Bonchev–Trinajstić information content (AvgIpc) is 2.37. The number of halogens is 1. The maximum absolute atomic E-state index is 5.52. The Morgan fingerprint density at radius 1 is 1.10 bits per heavy atom. The van der Waals surface area contributed by atoms with Crippen LogP contribution in [-0.4, -0.2) is 52.0 Å². The summed E-state index contributed by atoms with van der Waals surface area (Å²) in [5.41, 5.74) is 0. The minimum Gasteiger partial charge on any atom is -0.382 e. The molecule has 0 atom stereocenters. The van der Waals surface area contributed by atoms with E-state index in [1.807, 2.05) is 6.92 Å². The van der Waals surface area contributed by atoms with Crippen molar-refractivity contribution in [1.29, 1.82) is 0 Å². The number of nitrogens with zero attached hydrogens (tertiary/aromatic N) is 1. The van der Waals surface area contributed by atoms with Gasteiger partial charge >= 0.3 is 0 Å². The fraction of sp³-hybridized carbons (Fsp3) is 0.929. The lowest BCUT2D eigenvalue weighted by Crippen LogP contribution is -2.39. The first kappa shape index (κ1) is 22.2. The van der Waals surface area contributed by atoms with E-state index in [1.165, 1.54) is 0 Å². The molecular formula is C14H32IN3O2. The van der Waals surface area contributed by atoms with E-state index in [1.54, 1.807) is 0 Å². The molecule has 0 saturated carbocycles. The average molecular weight is 401 g/mol. The summed E-state index contributed by atoms with van der Waals surface area (Å²) in [5.74, 6) is 1.44. The first-order valence-electron chi connectivity index (χ1n) is 7.38. The number of ether oxygens (including phenoxy) is 2. The van der Waals surface area contributed by atoms with E-state index < -0.39 is 0 Å². The number of hydrogen-bond acceptors (Lipinski definition) is 3. The van der Waals surface area contributed by atoms with Crippen LogP contribution in [0.15, 0.2) is 4.99 Å². The highest BCUT2D eigenvalue weighted by Crippen LogP contribution is 1.91. The summed E-state index contributed by atoms with van der Waals surface area (Å²) in [5, 5.41) is 6.47. The van der Waals surface area contributed by atoms with Gasteiger partial charge in [-0.05, 0) is 26.2 Å². The topological polar surface area (TPSA) is 54.9 Å². The van der Waals surface area contributed by atoms with E-state index in [9.17, 15) is 0 Å². The van der Waals surface area contributed by atoms with Crippen LogP contribution in [0.1, 0.15) is 34.1 Å². The molecule has 5 nitrogen and oxygen atoms in total. The summed E-state index contributed by atoms with van der Waals surface area (Å²) in [6.45, 7) is 13.9. The third-order valence-electron chi connectivity index (χ3n) is 2.26. The van der Waals surface area contributed by atoms with Crippen LogP contribution in [-0.2, 0) is 9.47 Å². The number of guanidine groups is 1. The van der Waals surface area contributed by atoms with Crippen molar-refractivity contribution in [3.05, 3.63) is 0 Å². The molecular weight excluding hydrogens is 369 g/mol. The first-order valence-corrected chi connectivity index (χ1v) is 7.38. The molecule has 0 amide bonds. The Morgan fingerprint density at radius 2 is 1.85 bits per heavy atom. The van der Waals surface area contributed by atoms with Crippen LogP contribution >= 0.6 is 24.0 Å². The molecule has 0 rings (SSSR count). The van der Waals surface area contributed by atoms with Crippen LogP contribution in [0.2, 0.25) is 0 Å². The van der Waals surface area contributed by atoms with Crippen molar-refractivity contribution in [1.82, 2.24) is 10.6 Å². The lowest BCUT2D eigenvalue weighted by molar-refractivity contribution is 0.114. The predicted molar refractivity (Wildman–Crippen MR) is 96.2 cm³/mol. The van der Waals surface area contributed by atoms with E-state index in [0.29, 0.717) is 12.5 Å². The second kappa shape index (κ2) is 17.0. The van der Waals surface area contributed by atoms with Gasteiger partial charge < -0.3 is 20.1 Å². The minimum atomic E-state index is 0. The summed E-state index contributed by atoms with van der Waals surface area (Å²) in [6, 6.07) is 0. The van der Waals surface area contributed by atoms with Crippen molar-refractivity contribution in [2.24, 2.45) is 10.9 Å². The van der Waals surface area contributed by atoms with Gasteiger partial charge in [0.1, 0.15) is 0 Å². The minimum absolute atomic E-state index is 0. The Morgan fingerprint density at radius 3 is 2.45 bits per heavy atom. The van der Waals surface area contributed by atoms with E-state index in [4.69, 9.17) is 9.47 Å². The van der Waals surface area contributed by atoms with Gasteiger partial charge in [-0.25, -0.2) is 0 Å². The molecule has 0 aromatic carbocycles. The fourth-order valence-corrected chi connectivity index (χ4v) is 1.40. The standard InChI is InChI=1S/C14H31N3O2.HI/c1-5-15-14(16-8-7-10-18-6-2)17-9-11-19-12-13(3)4;/h13H,5-12H2,1-4H3,(H2,15,16,17);1H. The van der Waals surface area contributed by atoms with Crippen molar-refractivity contribution in [3.8, 4) is 0 Å². The van der Waals surface area contributed by atoms with Gasteiger partial charge in [-0.3, -0.25) is 4.99 Å². The Balaban J connectivity index is 0. The summed E-state index contributed by atoms with van der Waals surface area (Å²) in [4.78, 5) is 4.48. The molecule has 0 bridgehead atoms. The molecule has 0 saturated heterocycles. The molecule has 0 aliphatic rings. The number of nitrogens with one attached hydrogen (secondary N) is 2. The van der Waals surface area contributed by atoms with Gasteiger partial charge in [0.15, 0.2) is 5.96 Å². The summed E-state index contributed by atoms with van der Waals surface area (Å²) >= 11 is 0. The summed E-state index contributed by atoms with van der Waals surface area (Å²) < 4.78 is 10.8. The van der Waals surface area contributed by atoms with E-state index >= 15 is 0 Å². The molecule has 2 N–H and O–H groups in total. The van der Waals surface area contributed by atoms with Crippen LogP contribution < -0.4 is 10.6 Å². The molecule has 20 heavy (non-hydrogen) atoms. The van der Waals surface area contributed by atoms with Gasteiger partial charge in [0.05, 0.1) is 6.61 Å². The second-order valence-electron chi connectivity index (χ2n) is 4.71. The zero-order valence-corrected chi connectivity index (χ0v) is 15.7. The SMILES string of the molecule is CCNC(=NCCCOCC)NCCOCC(C)C.I. The van der Waals surface area contributed by atoms with Crippen LogP contribution in [0, 0.1) is 5.92 Å². The molecule has 0 aromatic heterocycles. The number of aliphatic imine (C=N–C) groups is 1. The predicted octanol–water partition coefficient (Wildman–Crippen LogP) is 2.26. The van der Waals surface area contributed by atoms with Crippen molar-refractivity contribution in [2.75, 3.05) is 46.1 Å². The van der Waals surface area contributed by atoms with Crippen LogP contribution in [0.25, 0.3) is 0 Å². The molecule has 0 fully saturated rings. The molecule has 122 valence electrons. The third kappa shape index (κ3) is 16.0. The largest absolute Gasteiger partial charge is 0.382 e. The Labute approximate surface area is 141 Å². The lowest BCUT2D eigenvalue weighted by Gasteiger charge is -2.12. The quantitative estimate of drug-likeness (QED) is 0.241. The monoisotopic (exact) mass is 401 g/mol. The molecule has 0 aliphatic carbocycles. The highest BCUT2D eigenvalue weighted by molar-refractivity contribution is 14.0. The highest BCUT2D eigenvalue weighted by Gasteiger charge is 1.97. The maximum Gasteiger partial charge on any atom is 0.191 e. The molecule has 0 aliphatic heterocycles. The Hall–Kier alpha value is -0.0800. The first-order chi connectivity index (χ1) is 9.20. The molecule has 6 heteroatoms. The van der Waals surface area contributed by atoms with Gasteiger partial charge in [-0.15, -0.1) is 24.0 Å². The van der Waals surface area contributed by atoms with Gasteiger partial charge in [-0.2, -0.15) is 0 Å². The third-order valence-corrected chi connectivity index (χ3v) is 2.26. The molecule has 0 heterocycles. The lowest BCUT2D eigenvalue weighted by atomic mass is 10.2. The normalized spacial score (nSPS) is 11.3. The summed E-state index contributed by atoms with van der Waals surface area (Å²) in [6.07, 6.45) is 0.953. The maximum atomic E-state index is 5.52. The van der Waals surface area contributed by atoms with Crippen LogP contribution in [0.5, 0.6) is 0 Å². The molecule has 0 spiro atoms. The van der Waals surface area contributed by atoms with E-state index in [2.05, 4.69) is 36.4 Å². The molecule has 0 unspecified atom stereocenters. The van der Waals surface area contributed by atoms with Gasteiger partial charge in [0.25, 0.3) is 0 Å². The molecule has 0 aromatic rings. The van der Waals surface area contributed by atoms with E-state index in [-0.39, 0.29) is 24.0 Å².